The van der Waals surface area contributed by atoms with Gasteiger partial charge in [-0.3, -0.25) is 4.79 Å². The maximum atomic E-state index is 11.7. The van der Waals surface area contributed by atoms with Crippen molar-refractivity contribution in [1.29, 1.82) is 0 Å². The highest BCUT2D eigenvalue weighted by Crippen LogP contribution is 2.13. The number of carbonyl (C=O) groups excluding carboxylic acids is 1. The highest BCUT2D eigenvalue weighted by molar-refractivity contribution is 7.89. The topological polar surface area (TPSA) is 115 Å². The summed E-state index contributed by atoms with van der Waals surface area (Å²) in [5.74, 6) is -0.290. The van der Waals surface area contributed by atoms with Crippen LogP contribution in [0.15, 0.2) is 29.2 Å². The van der Waals surface area contributed by atoms with E-state index in [2.05, 4.69) is 5.32 Å². The van der Waals surface area contributed by atoms with Gasteiger partial charge in [-0.1, -0.05) is 13.8 Å². The second-order valence-electron chi connectivity index (χ2n) is 4.33. The maximum Gasteiger partial charge on any atom is 0.241 e. The van der Waals surface area contributed by atoms with Crippen molar-refractivity contribution in [1.82, 2.24) is 0 Å². The van der Waals surface area contributed by atoms with Crippen LogP contribution in [0.3, 0.4) is 0 Å². The van der Waals surface area contributed by atoms with Gasteiger partial charge >= 0.3 is 0 Å². The molecule has 5 N–H and O–H groups in total. The number of hydrogen-bond donors (Lipinski definition) is 3. The number of sulfonamides is 1. The van der Waals surface area contributed by atoms with Crippen LogP contribution in [0, 0.1) is 5.92 Å². The molecule has 0 spiro atoms. The van der Waals surface area contributed by atoms with E-state index < -0.39 is 16.1 Å². The average molecular weight is 271 g/mol. The van der Waals surface area contributed by atoms with Crippen molar-refractivity contribution in [3.63, 3.8) is 0 Å². The summed E-state index contributed by atoms with van der Waals surface area (Å²) in [5, 5.41) is 7.56. The Balaban J connectivity index is 2.79. The van der Waals surface area contributed by atoms with Gasteiger partial charge in [-0.25, -0.2) is 13.6 Å². The number of carbonyl (C=O) groups is 1. The van der Waals surface area contributed by atoms with Gasteiger partial charge in [0, 0.05) is 5.69 Å². The summed E-state index contributed by atoms with van der Waals surface area (Å²) >= 11 is 0. The highest BCUT2D eigenvalue weighted by atomic mass is 32.2. The summed E-state index contributed by atoms with van der Waals surface area (Å²) in [6, 6.07) is 4.97. The van der Waals surface area contributed by atoms with Crippen molar-refractivity contribution in [3.05, 3.63) is 24.3 Å². The van der Waals surface area contributed by atoms with E-state index in [4.69, 9.17) is 10.9 Å². The fourth-order valence-electron chi connectivity index (χ4n) is 1.26. The first-order valence-corrected chi connectivity index (χ1v) is 6.96. The largest absolute Gasteiger partial charge is 0.325 e. The summed E-state index contributed by atoms with van der Waals surface area (Å²) in [6.07, 6.45) is 0. The molecule has 0 bridgehead atoms. The first kappa shape index (κ1) is 14.6. The standard InChI is InChI=1S/C11H17N3O3S/c1-7(2)10(12)11(15)14-8-3-5-9(6-4-8)18(13,16)17/h3-7,10H,12H2,1-2H3,(H,14,15)(H2,13,16,17)/t10-/m1/s1. The summed E-state index contributed by atoms with van der Waals surface area (Å²) in [7, 11) is -3.72. The highest BCUT2D eigenvalue weighted by Gasteiger charge is 2.17. The van der Waals surface area contributed by atoms with Crippen LogP contribution in [-0.4, -0.2) is 20.4 Å². The van der Waals surface area contributed by atoms with E-state index in [0.717, 1.165) is 0 Å². The van der Waals surface area contributed by atoms with Gasteiger partial charge in [0.1, 0.15) is 0 Å². The third-order valence-electron chi connectivity index (χ3n) is 2.47. The molecule has 1 rings (SSSR count). The second kappa shape index (κ2) is 5.47. The second-order valence-corrected chi connectivity index (χ2v) is 5.89. The molecule has 0 aliphatic rings. The van der Waals surface area contributed by atoms with Gasteiger partial charge in [0.05, 0.1) is 10.9 Å². The molecule has 1 aromatic rings. The van der Waals surface area contributed by atoms with Gasteiger partial charge in [-0.15, -0.1) is 0 Å². The minimum atomic E-state index is -3.72. The summed E-state index contributed by atoms with van der Waals surface area (Å²) < 4.78 is 22.1. The Morgan fingerprint density at radius 3 is 2.11 bits per heavy atom. The Hall–Kier alpha value is -1.44. The van der Waals surface area contributed by atoms with E-state index >= 15 is 0 Å². The summed E-state index contributed by atoms with van der Waals surface area (Å²) in [4.78, 5) is 11.7. The van der Waals surface area contributed by atoms with Crippen LogP contribution >= 0.6 is 0 Å². The van der Waals surface area contributed by atoms with Crippen LogP contribution in [0.4, 0.5) is 5.69 Å². The molecule has 0 saturated carbocycles. The molecule has 0 aliphatic carbocycles. The third-order valence-corrected chi connectivity index (χ3v) is 3.40. The molecule has 100 valence electrons. The van der Waals surface area contributed by atoms with Crippen LogP contribution in [0.5, 0.6) is 0 Å². The number of rotatable bonds is 4. The van der Waals surface area contributed by atoms with Gasteiger partial charge in [-0.2, -0.15) is 0 Å². The zero-order valence-corrected chi connectivity index (χ0v) is 11.1. The van der Waals surface area contributed by atoms with E-state index in [1.807, 2.05) is 13.8 Å². The Kier molecular flexibility index (Phi) is 4.44. The van der Waals surface area contributed by atoms with E-state index in [1.54, 1.807) is 0 Å². The van der Waals surface area contributed by atoms with Crippen molar-refractivity contribution >= 4 is 21.6 Å². The van der Waals surface area contributed by atoms with Gasteiger partial charge in [0.25, 0.3) is 0 Å². The lowest BCUT2D eigenvalue weighted by molar-refractivity contribution is -0.118. The summed E-state index contributed by atoms with van der Waals surface area (Å²) in [5.41, 5.74) is 6.15. The Morgan fingerprint density at radius 2 is 1.72 bits per heavy atom. The number of benzene rings is 1. The SMILES string of the molecule is CC(C)[C@@H](N)C(=O)Nc1ccc(S(N)(=O)=O)cc1. The fourth-order valence-corrected chi connectivity index (χ4v) is 1.77. The molecular formula is C11H17N3O3S. The fraction of sp³-hybridized carbons (Fsp3) is 0.364. The number of nitrogens with two attached hydrogens (primary N) is 2. The van der Waals surface area contributed by atoms with Gasteiger partial charge in [0.2, 0.25) is 15.9 Å². The zero-order chi connectivity index (χ0) is 13.9. The van der Waals surface area contributed by atoms with Crippen molar-refractivity contribution in [3.8, 4) is 0 Å². The number of primary sulfonamides is 1. The molecule has 0 radical (unpaired) electrons. The smallest absolute Gasteiger partial charge is 0.241 e. The van der Waals surface area contributed by atoms with Crippen LogP contribution in [0.25, 0.3) is 0 Å². The molecular weight excluding hydrogens is 254 g/mol. The van der Waals surface area contributed by atoms with E-state index in [1.165, 1.54) is 24.3 Å². The Morgan fingerprint density at radius 1 is 1.22 bits per heavy atom. The number of nitrogens with one attached hydrogen (secondary N) is 1. The molecule has 0 saturated heterocycles. The third kappa shape index (κ3) is 3.80. The van der Waals surface area contributed by atoms with Gasteiger partial charge in [-0.05, 0) is 30.2 Å². The predicted octanol–water partition coefficient (Wildman–Crippen LogP) is 0.256. The van der Waals surface area contributed by atoms with Gasteiger partial charge in [0.15, 0.2) is 0 Å². The van der Waals surface area contributed by atoms with E-state index in [0.29, 0.717) is 5.69 Å². The molecule has 0 aromatic heterocycles. The van der Waals surface area contributed by atoms with Gasteiger partial charge < -0.3 is 11.1 Å². The number of hydrogen-bond acceptors (Lipinski definition) is 4. The van der Waals surface area contributed by atoms with Crippen molar-refractivity contribution in [2.24, 2.45) is 16.8 Å². The lowest BCUT2D eigenvalue weighted by Gasteiger charge is -2.15. The molecule has 7 heteroatoms. The van der Waals surface area contributed by atoms with Crippen molar-refractivity contribution in [2.45, 2.75) is 24.8 Å². The molecule has 6 nitrogen and oxygen atoms in total. The van der Waals surface area contributed by atoms with Crippen LogP contribution < -0.4 is 16.2 Å². The van der Waals surface area contributed by atoms with Crippen LogP contribution in [0.1, 0.15) is 13.8 Å². The molecule has 18 heavy (non-hydrogen) atoms. The van der Waals surface area contributed by atoms with Crippen LogP contribution in [-0.2, 0) is 14.8 Å². The normalized spacial score (nSPS) is 13.4. The zero-order valence-electron chi connectivity index (χ0n) is 10.3. The molecule has 1 amide bonds. The molecule has 0 unspecified atom stereocenters. The summed E-state index contributed by atoms with van der Waals surface area (Å²) in [6.45, 7) is 3.68. The molecule has 1 atom stereocenters. The Bertz CT molecular complexity index is 523. The lowest BCUT2D eigenvalue weighted by atomic mass is 10.1. The number of amides is 1. The Labute approximate surface area is 106 Å². The average Bonchev–Trinajstić information content (AvgIpc) is 2.27. The van der Waals surface area contributed by atoms with Crippen LogP contribution in [0.2, 0.25) is 0 Å². The molecule has 0 fully saturated rings. The predicted molar refractivity (Wildman–Crippen MR) is 69.3 cm³/mol. The first-order chi connectivity index (χ1) is 8.21. The molecule has 0 aliphatic heterocycles. The van der Waals surface area contributed by atoms with Crippen molar-refractivity contribution < 1.29 is 13.2 Å². The molecule has 1 aromatic carbocycles. The number of anilines is 1. The minimum absolute atomic E-state index is 0.00587. The lowest BCUT2D eigenvalue weighted by Crippen LogP contribution is -2.39. The van der Waals surface area contributed by atoms with Crippen molar-refractivity contribution in [2.75, 3.05) is 5.32 Å². The monoisotopic (exact) mass is 271 g/mol. The minimum Gasteiger partial charge on any atom is -0.325 e. The quantitative estimate of drug-likeness (QED) is 0.728. The van der Waals surface area contributed by atoms with E-state index in [-0.39, 0.29) is 16.7 Å². The molecule has 0 heterocycles. The van der Waals surface area contributed by atoms with E-state index in [9.17, 15) is 13.2 Å². The maximum absolute atomic E-state index is 11.7. The first-order valence-electron chi connectivity index (χ1n) is 5.41.